The molecule has 1 aliphatic heterocycles. The number of halogens is 2. The van der Waals surface area contributed by atoms with Gasteiger partial charge in [0.25, 0.3) is 5.69 Å². The van der Waals surface area contributed by atoms with E-state index in [0.717, 1.165) is 6.07 Å². The minimum Gasteiger partial charge on any atom is -0.379 e. The first kappa shape index (κ1) is 22.4. The predicted octanol–water partition coefficient (Wildman–Crippen LogP) is 3.76. The summed E-state index contributed by atoms with van der Waals surface area (Å²) in [6.07, 6.45) is 0. The number of hydrogen-bond donors (Lipinski definition) is 1. The van der Waals surface area contributed by atoms with E-state index in [1.54, 1.807) is 25.1 Å². The second-order valence-corrected chi connectivity index (χ2v) is 9.14. The first-order chi connectivity index (χ1) is 14.2. The van der Waals surface area contributed by atoms with Crippen LogP contribution in [0.25, 0.3) is 0 Å². The quantitative estimate of drug-likeness (QED) is 0.388. The number of nitrogens with zero attached hydrogens (tertiary/aromatic N) is 3. The number of nitro benzene ring substituents is 1. The Kier molecular flexibility index (Phi) is 6.94. The van der Waals surface area contributed by atoms with Crippen LogP contribution < -0.4 is 5.43 Å². The maximum absolute atomic E-state index is 13.1. The highest BCUT2D eigenvalue weighted by Crippen LogP contribution is 2.30. The van der Waals surface area contributed by atoms with Crippen molar-refractivity contribution in [3.63, 3.8) is 0 Å². The lowest BCUT2D eigenvalue weighted by Gasteiger charge is -2.26. The number of hydrazone groups is 1. The van der Waals surface area contributed by atoms with Gasteiger partial charge in [-0.3, -0.25) is 15.5 Å². The van der Waals surface area contributed by atoms with Crippen LogP contribution >= 0.6 is 23.2 Å². The van der Waals surface area contributed by atoms with Crippen molar-refractivity contribution in [2.24, 2.45) is 5.10 Å². The highest BCUT2D eigenvalue weighted by atomic mass is 35.5. The number of hydrogen-bond acceptors (Lipinski definition) is 7. The van der Waals surface area contributed by atoms with Crippen LogP contribution in [0.4, 0.5) is 11.4 Å². The maximum atomic E-state index is 13.1. The summed E-state index contributed by atoms with van der Waals surface area (Å²) >= 11 is 12.2. The summed E-state index contributed by atoms with van der Waals surface area (Å²) in [5.41, 5.74) is 3.48. The van der Waals surface area contributed by atoms with Gasteiger partial charge in [0.15, 0.2) is 0 Å². The van der Waals surface area contributed by atoms with E-state index in [0.29, 0.717) is 21.3 Å². The molecule has 3 rings (SSSR count). The van der Waals surface area contributed by atoms with Gasteiger partial charge in [-0.2, -0.15) is 9.41 Å². The zero-order valence-corrected chi connectivity index (χ0v) is 18.2. The molecule has 0 unspecified atom stereocenters. The van der Waals surface area contributed by atoms with Crippen molar-refractivity contribution in [1.82, 2.24) is 4.31 Å². The number of sulfonamides is 1. The van der Waals surface area contributed by atoms with E-state index in [2.05, 4.69) is 10.5 Å². The molecule has 2 aromatic carbocycles. The Morgan fingerprint density at radius 1 is 1.20 bits per heavy atom. The molecule has 1 aliphatic rings. The highest BCUT2D eigenvalue weighted by molar-refractivity contribution is 7.89. The number of morpholine rings is 1. The molecule has 1 N–H and O–H groups in total. The number of benzene rings is 2. The molecule has 0 aliphatic carbocycles. The molecule has 0 bridgehead atoms. The van der Waals surface area contributed by atoms with Gasteiger partial charge in [0.05, 0.1) is 29.5 Å². The van der Waals surface area contributed by atoms with Crippen molar-refractivity contribution in [1.29, 1.82) is 0 Å². The summed E-state index contributed by atoms with van der Waals surface area (Å²) in [6, 6.07) is 8.42. The van der Waals surface area contributed by atoms with Crippen LogP contribution in [0.2, 0.25) is 10.0 Å². The maximum Gasteiger partial charge on any atom is 0.270 e. The van der Waals surface area contributed by atoms with E-state index in [4.69, 9.17) is 27.9 Å². The Hall–Kier alpha value is -2.24. The fourth-order valence-electron chi connectivity index (χ4n) is 2.84. The number of anilines is 1. The molecule has 9 nitrogen and oxygen atoms in total. The summed E-state index contributed by atoms with van der Waals surface area (Å²) in [6.45, 7) is 2.49. The standard InChI is InChI=1S/C18H18Cl2N4O5S/c1-12(15-10-13(19)2-4-16(15)20)21-22-17-5-3-14(24(25)26)11-18(17)30(27,28)23-6-8-29-9-7-23/h2-5,10-11,22H,6-9H2,1H3. The molecule has 1 saturated heterocycles. The Balaban J connectivity index is 2.00. The molecule has 0 aromatic heterocycles. The van der Waals surface area contributed by atoms with Crippen LogP contribution in [0, 0.1) is 10.1 Å². The number of rotatable bonds is 6. The SMILES string of the molecule is CC(=NNc1ccc([N+](=O)[O-])cc1S(=O)(=O)N1CCOCC1)c1cc(Cl)ccc1Cl. The number of nitrogens with one attached hydrogen (secondary N) is 1. The van der Waals surface area contributed by atoms with Gasteiger partial charge in [0, 0.05) is 40.8 Å². The van der Waals surface area contributed by atoms with Crippen molar-refractivity contribution in [2.75, 3.05) is 31.7 Å². The molecular formula is C18H18Cl2N4O5S. The number of nitro groups is 1. The first-order valence-corrected chi connectivity index (χ1v) is 11.0. The Morgan fingerprint density at radius 2 is 1.90 bits per heavy atom. The van der Waals surface area contributed by atoms with Gasteiger partial charge in [-0.15, -0.1) is 0 Å². The van der Waals surface area contributed by atoms with Gasteiger partial charge in [0.2, 0.25) is 10.0 Å². The van der Waals surface area contributed by atoms with Crippen molar-refractivity contribution >= 4 is 50.3 Å². The molecule has 160 valence electrons. The number of ether oxygens (including phenoxy) is 1. The van der Waals surface area contributed by atoms with Crippen LogP contribution in [-0.4, -0.2) is 49.7 Å². The lowest BCUT2D eigenvalue weighted by molar-refractivity contribution is -0.385. The summed E-state index contributed by atoms with van der Waals surface area (Å²) in [5.74, 6) is 0. The first-order valence-electron chi connectivity index (χ1n) is 8.82. The lowest BCUT2D eigenvalue weighted by atomic mass is 10.1. The van der Waals surface area contributed by atoms with E-state index in [-0.39, 0.29) is 42.6 Å². The minimum atomic E-state index is -4.01. The molecular weight excluding hydrogens is 455 g/mol. The fourth-order valence-corrected chi connectivity index (χ4v) is 4.83. The molecule has 1 heterocycles. The molecule has 12 heteroatoms. The van der Waals surface area contributed by atoms with E-state index in [1.165, 1.54) is 16.4 Å². The third kappa shape index (κ3) is 4.90. The summed E-state index contributed by atoms with van der Waals surface area (Å²) in [5, 5.41) is 16.3. The molecule has 0 atom stereocenters. The zero-order chi connectivity index (χ0) is 21.9. The third-order valence-corrected chi connectivity index (χ3v) is 6.93. The zero-order valence-electron chi connectivity index (χ0n) is 15.8. The topological polar surface area (TPSA) is 114 Å². The molecule has 0 saturated carbocycles. The second-order valence-electron chi connectivity index (χ2n) is 6.39. The summed E-state index contributed by atoms with van der Waals surface area (Å²) in [4.78, 5) is 10.3. The normalized spacial score (nSPS) is 15.8. The molecule has 0 radical (unpaired) electrons. The van der Waals surface area contributed by atoms with Crippen molar-refractivity contribution in [2.45, 2.75) is 11.8 Å². The lowest BCUT2D eigenvalue weighted by Crippen LogP contribution is -2.40. The van der Waals surface area contributed by atoms with Gasteiger partial charge in [0.1, 0.15) is 4.90 Å². The molecule has 1 fully saturated rings. The van der Waals surface area contributed by atoms with Gasteiger partial charge in [-0.1, -0.05) is 23.2 Å². The van der Waals surface area contributed by atoms with Gasteiger partial charge >= 0.3 is 0 Å². The molecule has 0 amide bonds. The second kappa shape index (κ2) is 9.27. The molecule has 2 aromatic rings. The van der Waals surface area contributed by atoms with Crippen LogP contribution in [-0.2, 0) is 14.8 Å². The van der Waals surface area contributed by atoms with Gasteiger partial charge < -0.3 is 4.74 Å². The fraction of sp³-hybridized carbons (Fsp3) is 0.278. The summed E-state index contributed by atoms with van der Waals surface area (Å²) in [7, 11) is -4.01. The van der Waals surface area contributed by atoms with Crippen LogP contribution in [0.15, 0.2) is 46.4 Å². The van der Waals surface area contributed by atoms with E-state index < -0.39 is 14.9 Å². The van der Waals surface area contributed by atoms with E-state index >= 15 is 0 Å². The van der Waals surface area contributed by atoms with Gasteiger partial charge in [-0.05, 0) is 31.2 Å². The van der Waals surface area contributed by atoms with Crippen LogP contribution in [0.5, 0.6) is 0 Å². The third-order valence-electron chi connectivity index (χ3n) is 4.43. The Labute approximate surface area is 183 Å². The average molecular weight is 473 g/mol. The monoisotopic (exact) mass is 472 g/mol. The van der Waals surface area contributed by atoms with Crippen LogP contribution in [0.1, 0.15) is 12.5 Å². The average Bonchev–Trinajstić information content (AvgIpc) is 2.74. The molecule has 30 heavy (non-hydrogen) atoms. The van der Waals surface area contributed by atoms with Crippen LogP contribution in [0.3, 0.4) is 0 Å². The largest absolute Gasteiger partial charge is 0.379 e. The minimum absolute atomic E-state index is 0.101. The van der Waals surface area contributed by atoms with E-state index in [1.807, 2.05) is 0 Å². The highest BCUT2D eigenvalue weighted by Gasteiger charge is 2.30. The molecule has 0 spiro atoms. The van der Waals surface area contributed by atoms with Crippen molar-refractivity contribution in [3.8, 4) is 0 Å². The smallest absolute Gasteiger partial charge is 0.270 e. The predicted molar refractivity (Wildman–Crippen MR) is 115 cm³/mol. The van der Waals surface area contributed by atoms with Gasteiger partial charge in [-0.25, -0.2) is 8.42 Å². The van der Waals surface area contributed by atoms with Crippen molar-refractivity contribution in [3.05, 3.63) is 62.1 Å². The Bertz CT molecular complexity index is 1100. The number of non-ortho nitro benzene ring substituents is 1. The summed E-state index contributed by atoms with van der Waals surface area (Å²) < 4.78 is 32.7. The van der Waals surface area contributed by atoms with Crippen molar-refractivity contribution < 1.29 is 18.1 Å². The van der Waals surface area contributed by atoms with E-state index in [9.17, 15) is 18.5 Å². The Morgan fingerprint density at radius 3 is 2.57 bits per heavy atom.